The first-order chi connectivity index (χ1) is 13.1. The van der Waals surface area contributed by atoms with Crippen LogP contribution in [0.2, 0.25) is 10.0 Å². The number of hydrogen-bond donors (Lipinski definition) is 1. The molecular weight excluding hydrogens is 375 g/mol. The van der Waals surface area contributed by atoms with Crippen LogP contribution in [0.25, 0.3) is 10.9 Å². The molecule has 0 saturated heterocycles. The molecule has 0 spiro atoms. The van der Waals surface area contributed by atoms with Gasteiger partial charge in [0.1, 0.15) is 0 Å². The topological polar surface area (TPSA) is 17.0 Å². The lowest BCUT2D eigenvalue weighted by atomic mass is 10.1. The maximum absolute atomic E-state index is 6.36. The minimum atomic E-state index is 0.732. The van der Waals surface area contributed by atoms with Crippen molar-refractivity contribution in [1.29, 1.82) is 0 Å². The lowest BCUT2D eigenvalue weighted by Crippen LogP contribution is -2.00. The fourth-order valence-corrected chi connectivity index (χ4v) is 3.68. The number of nitrogens with zero attached hydrogens (tertiary/aromatic N) is 1. The molecule has 0 aliphatic heterocycles. The second kappa shape index (κ2) is 7.67. The number of rotatable bonds is 5. The molecule has 4 aromatic rings. The van der Waals surface area contributed by atoms with E-state index < -0.39 is 0 Å². The first-order valence-corrected chi connectivity index (χ1v) is 9.67. The average molecular weight is 395 g/mol. The van der Waals surface area contributed by atoms with Crippen LogP contribution in [0, 0.1) is 6.92 Å². The summed E-state index contributed by atoms with van der Waals surface area (Å²) >= 11 is 12.6. The maximum Gasteiger partial charge on any atom is 0.0491 e. The van der Waals surface area contributed by atoms with Crippen molar-refractivity contribution in [3.63, 3.8) is 0 Å². The Hall–Kier alpha value is -2.42. The monoisotopic (exact) mass is 394 g/mol. The number of para-hydroxylation sites is 1. The quantitative estimate of drug-likeness (QED) is 0.388. The molecule has 0 radical (unpaired) electrons. The zero-order chi connectivity index (χ0) is 18.8. The van der Waals surface area contributed by atoms with E-state index in [0.717, 1.165) is 39.9 Å². The van der Waals surface area contributed by atoms with Crippen LogP contribution in [0.3, 0.4) is 0 Å². The third-order valence-corrected chi connectivity index (χ3v) is 5.60. The number of aryl methyl sites for hydroxylation is 1. The molecule has 0 aliphatic rings. The Balaban J connectivity index is 1.63. The first-order valence-electron chi connectivity index (χ1n) is 8.92. The van der Waals surface area contributed by atoms with E-state index in [1.54, 1.807) is 0 Å². The average Bonchev–Trinajstić information content (AvgIpc) is 3.02. The van der Waals surface area contributed by atoms with Crippen LogP contribution < -0.4 is 5.32 Å². The third-order valence-electron chi connectivity index (χ3n) is 4.82. The number of nitrogens with one attached hydrogen (secondary N) is 1. The predicted octanol–water partition coefficient (Wildman–Crippen LogP) is 6.92. The van der Waals surface area contributed by atoms with E-state index in [1.165, 1.54) is 16.5 Å². The molecule has 3 aromatic carbocycles. The highest BCUT2D eigenvalue weighted by Gasteiger charge is 2.10. The minimum Gasteiger partial charge on any atom is -0.381 e. The number of aromatic nitrogens is 1. The van der Waals surface area contributed by atoms with Crippen LogP contribution in [-0.2, 0) is 13.1 Å². The highest BCUT2D eigenvalue weighted by Crippen LogP contribution is 2.26. The number of anilines is 1. The summed E-state index contributed by atoms with van der Waals surface area (Å²) in [5, 5.41) is 6.31. The third kappa shape index (κ3) is 3.83. The molecule has 0 aliphatic carbocycles. The van der Waals surface area contributed by atoms with Gasteiger partial charge in [0.2, 0.25) is 0 Å². The summed E-state index contributed by atoms with van der Waals surface area (Å²) in [6, 6.07) is 22.5. The van der Waals surface area contributed by atoms with Crippen molar-refractivity contribution < 1.29 is 0 Å². The summed E-state index contributed by atoms with van der Waals surface area (Å²) in [4.78, 5) is 0. The zero-order valence-electron chi connectivity index (χ0n) is 15.0. The molecule has 2 nitrogen and oxygen atoms in total. The fourth-order valence-electron chi connectivity index (χ4n) is 3.30. The Morgan fingerprint density at radius 1 is 0.852 bits per heavy atom. The van der Waals surface area contributed by atoms with E-state index in [9.17, 15) is 0 Å². The van der Waals surface area contributed by atoms with Crippen LogP contribution >= 0.6 is 23.2 Å². The van der Waals surface area contributed by atoms with Crippen molar-refractivity contribution in [2.24, 2.45) is 0 Å². The minimum absolute atomic E-state index is 0.732. The summed E-state index contributed by atoms with van der Waals surface area (Å²) in [7, 11) is 0. The van der Waals surface area contributed by atoms with Crippen LogP contribution in [-0.4, -0.2) is 4.57 Å². The van der Waals surface area contributed by atoms with Crippen molar-refractivity contribution in [2.75, 3.05) is 5.32 Å². The lowest BCUT2D eigenvalue weighted by molar-refractivity contribution is 0.831. The first kappa shape index (κ1) is 18.0. The number of halogens is 2. The summed E-state index contributed by atoms with van der Waals surface area (Å²) in [6.45, 7) is 3.49. The second-order valence-corrected chi connectivity index (χ2v) is 7.52. The summed E-state index contributed by atoms with van der Waals surface area (Å²) in [5.74, 6) is 0. The molecule has 0 unspecified atom stereocenters. The van der Waals surface area contributed by atoms with E-state index in [1.807, 2.05) is 37.3 Å². The van der Waals surface area contributed by atoms with Gasteiger partial charge in [0.15, 0.2) is 0 Å². The van der Waals surface area contributed by atoms with E-state index in [4.69, 9.17) is 23.2 Å². The maximum atomic E-state index is 6.36. The van der Waals surface area contributed by atoms with E-state index in [-0.39, 0.29) is 0 Å². The van der Waals surface area contributed by atoms with Gasteiger partial charge < -0.3 is 9.88 Å². The zero-order valence-corrected chi connectivity index (χ0v) is 16.6. The van der Waals surface area contributed by atoms with E-state index in [0.29, 0.717) is 0 Å². The van der Waals surface area contributed by atoms with Gasteiger partial charge in [-0.15, -0.1) is 0 Å². The molecule has 1 N–H and O–H groups in total. The normalized spacial score (nSPS) is 11.1. The number of hydrogen-bond acceptors (Lipinski definition) is 1. The Kier molecular flexibility index (Phi) is 5.11. The van der Waals surface area contributed by atoms with Crippen molar-refractivity contribution >= 4 is 39.8 Å². The Labute approximate surface area is 169 Å². The van der Waals surface area contributed by atoms with Gasteiger partial charge in [-0.3, -0.25) is 0 Å². The van der Waals surface area contributed by atoms with E-state index in [2.05, 4.69) is 52.5 Å². The summed E-state index contributed by atoms with van der Waals surface area (Å²) < 4.78 is 2.26. The predicted molar refractivity (Wildman–Crippen MR) is 116 cm³/mol. The standard InChI is InChI=1S/C23H20Cl2N2/c1-16-10-11-19(12-22(16)25)26-13-18-15-27(23-9-5-3-7-20(18)23)14-17-6-2-4-8-21(17)24/h2-12,15,26H,13-14H2,1H3. The second-order valence-electron chi connectivity index (χ2n) is 6.71. The molecule has 0 saturated carbocycles. The molecule has 4 heteroatoms. The van der Waals surface area contributed by atoms with Gasteiger partial charge in [-0.1, -0.05) is 65.7 Å². The van der Waals surface area contributed by atoms with Gasteiger partial charge in [0.25, 0.3) is 0 Å². The summed E-state index contributed by atoms with van der Waals surface area (Å²) in [5.41, 5.74) is 5.67. The Morgan fingerprint density at radius 2 is 1.63 bits per heavy atom. The van der Waals surface area contributed by atoms with Crippen LogP contribution in [0.1, 0.15) is 16.7 Å². The molecule has 0 amide bonds. The highest BCUT2D eigenvalue weighted by molar-refractivity contribution is 6.31. The van der Waals surface area contributed by atoms with Gasteiger partial charge in [-0.25, -0.2) is 0 Å². The molecule has 0 bridgehead atoms. The largest absolute Gasteiger partial charge is 0.381 e. The number of fused-ring (bicyclic) bond motifs is 1. The lowest BCUT2D eigenvalue weighted by Gasteiger charge is -2.08. The highest BCUT2D eigenvalue weighted by atomic mass is 35.5. The SMILES string of the molecule is Cc1ccc(NCc2cn(Cc3ccccc3Cl)c3ccccc23)cc1Cl. The van der Waals surface area contributed by atoms with Crippen LogP contribution in [0.15, 0.2) is 72.9 Å². The van der Waals surface area contributed by atoms with Crippen molar-refractivity contribution in [2.45, 2.75) is 20.0 Å². The molecule has 1 heterocycles. The molecule has 0 fully saturated rings. The molecule has 1 aromatic heterocycles. The Bertz CT molecular complexity index is 1100. The van der Waals surface area contributed by atoms with Crippen molar-refractivity contribution in [3.8, 4) is 0 Å². The molecule has 27 heavy (non-hydrogen) atoms. The van der Waals surface area contributed by atoms with Crippen molar-refractivity contribution in [3.05, 3.63) is 99.7 Å². The Morgan fingerprint density at radius 3 is 2.44 bits per heavy atom. The van der Waals surface area contributed by atoms with E-state index >= 15 is 0 Å². The van der Waals surface area contributed by atoms with Gasteiger partial charge in [-0.05, 0) is 47.9 Å². The molecular formula is C23H20Cl2N2. The van der Waals surface area contributed by atoms with Crippen molar-refractivity contribution in [1.82, 2.24) is 4.57 Å². The van der Waals surface area contributed by atoms with Gasteiger partial charge in [-0.2, -0.15) is 0 Å². The van der Waals surface area contributed by atoms with Gasteiger partial charge in [0.05, 0.1) is 0 Å². The molecule has 0 atom stereocenters. The molecule has 4 rings (SSSR count). The van der Waals surface area contributed by atoms with Crippen LogP contribution in [0.4, 0.5) is 5.69 Å². The summed E-state index contributed by atoms with van der Waals surface area (Å²) in [6.07, 6.45) is 2.21. The van der Waals surface area contributed by atoms with Gasteiger partial charge >= 0.3 is 0 Å². The smallest absolute Gasteiger partial charge is 0.0491 e. The van der Waals surface area contributed by atoms with Crippen LogP contribution in [0.5, 0.6) is 0 Å². The van der Waals surface area contributed by atoms with Gasteiger partial charge in [0, 0.05) is 45.9 Å². The fraction of sp³-hybridized carbons (Fsp3) is 0.130. The molecule has 136 valence electrons. The number of benzene rings is 3.